The SMILES string of the molecule is CN1CCCN(C(C(=O)O)c2ccc(NC(=O)N3CCCC3)cc2)CC1. The minimum Gasteiger partial charge on any atom is -0.480 e. The smallest absolute Gasteiger partial charge is 0.325 e. The molecule has 3 rings (SSSR count). The highest BCUT2D eigenvalue weighted by Crippen LogP contribution is 2.24. The molecular formula is C19H28N4O3. The summed E-state index contributed by atoms with van der Waals surface area (Å²) in [6.07, 6.45) is 3.07. The molecule has 2 fully saturated rings. The fourth-order valence-corrected chi connectivity index (χ4v) is 3.71. The van der Waals surface area contributed by atoms with Crippen LogP contribution >= 0.6 is 0 Å². The first-order valence-corrected chi connectivity index (χ1v) is 9.36. The number of aliphatic carboxylic acids is 1. The predicted octanol–water partition coefficient (Wildman–Crippen LogP) is 2.08. The number of carboxylic acid groups (broad SMARTS) is 1. The van der Waals surface area contributed by atoms with Crippen molar-refractivity contribution in [1.29, 1.82) is 0 Å². The number of rotatable bonds is 4. The Morgan fingerprint density at radius 2 is 1.65 bits per heavy atom. The monoisotopic (exact) mass is 360 g/mol. The third kappa shape index (κ3) is 4.53. The highest BCUT2D eigenvalue weighted by Gasteiger charge is 2.28. The summed E-state index contributed by atoms with van der Waals surface area (Å²) < 4.78 is 0. The highest BCUT2D eigenvalue weighted by molar-refractivity contribution is 5.89. The number of urea groups is 1. The summed E-state index contributed by atoms with van der Waals surface area (Å²) in [5.74, 6) is -0.830. The molecule has 7 nitrogen and oxygen atoms in total. The van der Waals surface area contributed by atoms with Crippen molar-refractivity contribution in [2.45, 2.75) is 25.3 Å². The second kappa shape index (κ2) is 8.51. The molecule has 142 valence electrons. The van der Waals surface area contributed by atoms with Gasteiger partial charge in [-0.2, -0.15) is 0 Å². The Bertz CT molecular complexity index is 628. The number of likely N-dealkylation sites (tertiary alicyclic amines) is 1. The van der Waals surface area contributed by atoms with Crippen LogP contribution in [0.25, 0.3) is 0 Å². The normalized spacial score (nSPS) is 20.6. The molecule has 1 unspecified atom stereocenters. The van der Waals surface area contributed by atoms with E-state index < -0.39 is 12.0 Å². The van der Waals surface area contributed by atoms with E-state index in [1.165, 1.54) is 0 Å². The van der Waals surface area contributed by atoms with Gasteiger partial charge in [0.1, 0.15) is 6.04 Å². The average Bonchev–Trinajstić information content (AvgIpc) is 3.07. The van der Waals surface area contributed by atoms with Crippen LogP contribution in [0.1, 0.15) is 30.9 Å². The quantitative estimate of drug-likeness (QED) is 0.860. The van der Waals surface area contributed by atoms with Crippen LogP contribution in [0, 0.1) is 0 Å². The van der Waals surface area contributed by atoms with Crippen molar-refractivity contribution in [3.05, 3.63) is 29.8 Å². The van der Waals surface area contributed by atoms with Crippen LogP contribution in [0.2, 0.25) is 0 Å². The van der Waals surface area contributed by atoms with Crippen LogP contribution < -0.4 is 5.32 Å². The zero-order valence-corrected chi connectivity index (χ0v) is 15.4. The van der Waals surface area contributed by atoms with E-state index in [9.17, 15) is 14.7 Å². The molecular weight excluding hydrogens is 332 g/mol. The second-order valence-electron chi connectivity index (χ2n) is 7.18. The molecule has 2 saturated heterocycles. The van der Waals surface area contributed by atoms with E-state index >= 15 is 0 Å². The van der Waals surface area contributed by atoms with Gasteiger partial charge in [0.2, 0.25) is 0 Å². The molecule has 0 aliphatic carbocycles. The molecule has 0 spiro atoms. The van der Waals surface area contributed by atoms with E-state index in [0.717, 1.165) is 64.1 Å². The number of carboxylic acids is 1. The van der Waals surface area contributed by atoms with Gasteiger partial charge in [-0.1, -0.05) is 12.1 Å². The van der Waals surface area contributed by atoms with E-state index in [4.69, 9.17) is 0 Å². The van der Waals surface area contributed by atoms with Gasteiger partial charge < -0.3 is 20.2 Å². The fourth-order valence-electron chi connectivity index (χ4n) is 3.71. The molecule has 7 heteroatoms. The van der Waals surface area contributed by atoms with Gasteiger partial charge in [0, 0.05) is 38.4 Å². The van der Waals surface area contributed by atoms with Crippen molar-refractivity contribution in [2.75, 3.05) is 51.6 Å². The first-order valence-electron chi connectivity index (χ1n) is 9.36. The van der Waals surface area contributed by atoms with Crippen LogP contribution in [0.5, 0.6) is 0 Å². The maximum atomic E-state index is 12.2. The van der Waals surface area contributed by atoms with Crippen LogP contribution in [0.15, 0.2) is 24.3 Å². The van der Waals surface area contributed by atoms with Gasteiger partial charge >= 0.3 is 12.0 Å². The van der Waals surface area contributed by atoms with Gasteiger partial charge in [-0.05, 0) is 50.6 Å². The molecule has 0 bridgehead atoms. The Kier molecular flexibility index (Phi) is 6.11. The Morgan fingerprint density at radius 3 is 2.31 bits per heavy atom. The Labute approximate surface area is 154 Å². The van der Waals surface area contributed by atoms with Crippen molar-refractivity contribution in [1.82, 2.24) is 14.7 Å². The Balaban J connectivity index is 1.68. The van der Waals surface area contributed by atoms with Gasteiger partial charge in [-0.15, -0.1) is 0 Å². The minimum atomic E-state index is -0.830. The molecule has 0 saturated carbocycles. The molecule has 2 N–H and O–H groups in total. The molecule has 2 aliphatic heterocycles. The van der Waals surface area contributed by atoms with Crippen LogP contribution in [0.3, 0.4) is 0 Å². The number of benzene rings is 1. The third-order valence-electron chi connectivity index (χ3n) is 5.22. The Hall–Kier alpha value is -2.12. The average molecular weight is 360 g/mol. The molecule has 2 heterocycles. The molecule has 2 aliphatic rings. The summed E-state index contributed by atoms with van der Waals surface area (Å²) in [5.41, 5.74) is 1.45. The van der Waals surface area contributed by atoms with Gasteiger partial charge in [0.25, 0.3) is 0 Å². The molecule has 2 amide bonds. The maximum absolute atomic E-state index is 12.2. The van der Waals surface area contributed by atoms with Gasteiger partial charge in [-0.3, -0.25) is 9.69 Å². The molecule has 1 aromatic carbocycles. The van der Waals surface area contributed by atoms with Crippen LogP contribution in [-0.4, -0.2) is 78.1 Å². The third-order valence-corrected chi connectivity index (χ3v) is 5.22. The van der Waals surface area contributed by atoms with E-state index in [1.807, 2.05) is 21.9 Å². The first-order chi connectivity index (χ1) is 12.5. The Morgan fingerprint density at radius 1 is 0.962 bits per heavy atom. The summed E-state index contributed by atoms with van der Waals surface area (Å²) in [5, 5.41) is 12.7. The number of hydrogen-bond donors (Lipinski definition) is 2. The van der Waals surface area contributed by atoms with E-state index in [2.05, 4.69) is 17.3 Å². The number of anilines is 1. The topological polar surface area (TPSA) is 76.1 Å². The highest BCUT2D eigenvalue weighted by atomic mass is 16.4. The fraction of sp³-hybridized carbons (Fsp3) is 0.579. The number of nitrogens with zero attached hydrogens (tertiary/aromatic N) is 3. The molecule has 1 atom stereocenters. The molecule has 0 aromatic heterocycles. The van der Waals surface area contributed by atoms with Crippen molar-refractivity contribution in [3.8, 4) is 0 Å². The lowest BCUT2D eigenvalue weighted by Gasteiger charge is -2.27. The van der Waals surface area contributed by atoms with E-state index in [1.54, 1.807) is 12.1 Å². The first kappa shape index (κ1) is 18.7. The number of amides is 2. The standard InChI is InChI=1S/C19H28N4O3/c1-21-9-4-12-22(14-13-21)17(18(24)25)15-5-7-16(8-6-15)20-19(26)23-10-2-3-11-23/h5-8,17H,2-4,9-14H2,1H3,(H,20,26)(H,24,25). The van der Waals surface area contributed by atoms with Crippen LogP contribution in [0.4, 0.5) is 10.5 Å². The van der Waals surface area contributed by atoms with Gasteiger partial charge in [0.15, 0.2) is 0 Å². The zero-order chi connectivity index (χ0) is 18.5. The lowest BCUT2D eigenvalue weighted by molar-refractivity contribution is -0.143. The van der Waals surface area contributed by atoms with Gasteiger partial charge in [0.05, 0.1) is 0 Å². The largest absolute Gasteiger partial charge is 0.480 e. The molecule has 26 heavy (non-hydrogen) atoms. The number of likely N-dealkylation sites (N-methyl/N-ethyl adjacent to an activating group) is 1. The van der Waals surface area contributed by atoms with E-state index in [0.29, 0.717) is 5.69 Å². The number of hydrogen-bond acceptors (Lipinski definition) is 4. The van der Waals surface area contributed by atoms with E-state index in [-0.39, 0.29) is 6.03 Å². The van der Waals surface area contributed by atoms with Crippen molar-refractivity contribution in [2.24, 2.45) is 0 Å². The molecule has 1 aromatic rings. The van der Waals surface area contributed by atoms with Crippen molar-refractivity contribution >= 4 is 17.7 Å². The lowest BCUT2D eigenvalue weighted by Crippen LogP contribution is -2.37. The predicted molar refractivity (Wildman–Crippen MR) is 100 cm³/mol. The summed E-state index contributed by atoms with van der Waals surface area (Å²) in [7, 11) is 2.07. The number of carbonyl (C=O) groups is 2. The number of nitrogens with one attached hydrogen (secondary N) is 1. The minimum absolute atomic E-state index is 0.0828. The second-order valence-corrected chi connectivity index (χ2v) is 7.18. The summed E-state index contributed by atoms with van der Waals surface area (Å²) in [6, 6.07) is 6.48. The summed E-state index contributed by atoms with van der Waals surface area (Å²) in [4.78, 5) is 30.1. The maximum Gasteiger partial charge on any atom is 0.325 e. The zero-order valence-electron chi connectivity index (χ0n) is 15.4. The van der Waals surface area contributed by atoms with Crippen LogP contribution in [-0.2, 0) is 4.79 Å². The summed E-state index contributed by atoms with van der Waals surface area (Å²) in [6.45, 7) is 4.97. The van der Waals surface area contributed by atoms with Crippen molar-refractivity contribution in [3.63, 3.8) is 0 Å². The number of carbonyl (C=O) groups excluding carboxylic acids is 1. The van der Waals surface area contributed by atoms with Gasteiger partial charge in [-0.25, -0.2) is 4.79 Å². The lowest BCUT2D eigenvalue weighted by atomic mass is 10.0. The van der Waals surface area contributed by atoms with Crippen molar-refractivity contribution < 1.29 is 14.7 Å². The summed E-state index contributed by atoms with van der Waals surface area (Å²) >= 11 is 0. The molecule has 0 radical (unpaired) electrons.